The topological polar surface area (TPSA) is 59.8 Å². The maximum Gasteiger partial charge on any atom is 0.226 e. The van der Waals surface area contributed by atoms with Crippen molar-refractivity contribution in [2.24, 2.45) is 0 Å². The second kappa shape index (κ2) is 6.29. The third kappa shape index (κ3) is 3.25. The summed E-state index contributed by atoms with van der Waals surface area (Å²) in [5.41, 5.74) is 4.03. The van der Waals surface area contributed by atoms with Crippen LogP contribution in [-0.4, -0.2) is 20.7 Å². The molecule has 0 aliphatic carbocycles. The zero-order valence-corrected chi connectivity index (χ0v) is 14.9. The molecular formula is C19H18N4OS. The number of hydrogen-bond donors (Lipinski definition) is 1. The molecule has 4 aromatic rings. The molecule has 0 saturated heterocycles. The van der Waals surface area contributed by atoms with E-state index in [0.29, 0.717) is 13.0 Å². The number of hydrogen-bond acceptors (Lipinski definition) is 4. The number of nitrogens with zero attached hydrogens (tertiary/aromatic N) is 3. The summed E-state index contributed by atoms with van der Waals surface area (Å²) in [6.45, 7) is 4.60. The molecule has 0 atom stereocenters. The van der Waals surface area contributed by atoms with E-state index in [1.54, 1.807) is 11.3 Å². The first-order valence-electron chi connectivity index (χ1n) is 8.18. The van der Waals surface area contributed by atoms with Crippen LogP contribution in [0.4, 0.5) is 5.69 Å². The summed E-state index contributed by atoms with van der Waals surface area (Å²) in [4.78, 5) is 16.7. The molecule has 4 rings (SSSR count). The molecule has 0 aliphatic heterocycles. The van der Waals surface area contributed by atoms with Gasteiger partial charge in [-0.25, -0.2) is 4.98 Å². The van der Waals surface area contributed by atoms with Crippen LogP contribution in [0.25, 0.3) is 21.1 Å². The Morgan fingerprint density at radius 3 is 2.96 bits per heavy atom. The number of benzene rings is 2. The SMILES string of the molecule is Cc1ccc2cnn(CCC(=O)Nc3ccc4nc(C)sc4c3)c2c1. The van der Waals surface area contributed by atoms with Gasteiger partial charge in [0.05, 0.1) is 33.5 Å². The highest BCUT2D eigenvalue weighted by molar-refractivity contribution is 7.18. The van der Waals surface area contributed by atoms with Gasteiger partial charge in [0, 0.05) is 17.5 Å². The van der Waals surface area contributed by atoms with Crippen molar-refractivity contribution in [3.8, 4) is 0 Å². The molecule has 0 bridgehead atoms. The molecule has 1 N–H and O–H groups in total. The lowest BCUT2D eigenvalue weighted by atomic mass is 10.2. The third-order valence-corrected chi connectivity index (χ3v) is 5.06. The first-order valence-corrected chi connectivity index (χ1v) is 8.99. The predicted octanol–water partition coefficient (Wildman–Crippen LogP) is 4.29. The zero-order valence-electron chi connectivity index (χ0n) is 14.1. The van der Waals surface area contributed by atoms with E-state index < -0.39 is 0 Å². The predicted molar refractivity (Wildman–Crippen MR) is 102 cm³/mol. The monoisotopic (exact) mass is 350 g/mol. The molecule has 0 unspecified atom stereocenters. The van der Waals surface area contributed by atoms with Gasteiger partial charge in [-0.15, -0.1) is 11.3 Å². The van der Waals surface area contributed by atoms with E-state index >= 15 is 0 Å². The van der Waals surface area contributed by atoms with Crippen LogP contribution < -0.4 is 5.32 Å². The van der Waals surface area contributed by atoms with Gasteiger partial charge in [0.2, 0.25) is 5.91 Å². The summed E-state index contributed by atoms with van der Waals surface area (Å²) in [5.74, 6) is -0.0168. The number of aromatic nitrogens is 3. The van der Waals surface area contributed by atoms with Crippen LogP contribution >= 0.6 is 11.3 Å². The third-order valence-electron chi connectivity index (χ3n) is 4.13. The normalized spacial score (nSPS) is 11.3. The Bertz CT molecular complexity index is 1080. The lowest BCUT2D eigenvalue weighted by molar-refractivity contribution is -0.116. The molecule has 6 heteroatoms. The van der Waals surface area contributed by atoms with Crippen LogP contribution in [0.5, 0.6) is 0 Å². The second-order valence-corrected chi connectivity index (χ2v) is 7.38. The van der Waals surface area contributed by atoms with E-state index in [0.717, 1.165) is 31.8 Å². The Labute approximate surface area is 149 Å². The Kier molecular flexibility index (Phi) is 3.97. The van der Waals surface area contributed by atoms with Gasteiger partial charge in [-0.3, -0.25) is 9.48 Å². The van der Waals surface area contributed by atoms with E-state index in [-0.39, 0.29) is 5.91 Å². The van der Waals surface area contributed by atoms with Gasteiger partial charge in [0.25, 0.3) is 0 Å². The molecule has 0 aliphatic rings. The summed E-state index contributed by atoms with van der Waals surface area (Å²) in [5, 5.41) is 9.47. The number of carbonyl (C=O) groups is 1. The molecule has 25 heavy (non-hydrogen) atoms. The molecule has 0 fully saturated rings. The number of anilines is 1. The van der Waals surface area contributed by atoms with Crippen LogP contribution in [0.3, 0.4) is 0 Å². The fourth-order valence-electron chi connectivity index (χ4n) is 2.91. The number of fused-ring (bicyclic) bond motifs is 2. The number of thiazole rings is 1. The number of carbonyl (C=O) groups excluding carboxylic acids is 1. The van der Waals surface area contributed by atoms with Crippen molar-refractivity contribution in [1.82, 2.24) is 14.8 Å². The average Bonchev–Trinajstić information content (AvgIpc) is 3.14. The van der Waals surface area contributed by atoms with E-state index in [4.69, 9.17) is 0 Å². The highest BCUT2D eigenvalue weighted by Gasteiger charge is 2.08. The van der Waals surface area contributed by atoms with E-state index in [1.807, 2.05) is 36.0 Å². The minimum absolute atomic E-state index is 0.0168. The molecule has 2 aromatic heterocycles. The van der Waals surface area contributed by atoms with Crippen molar-refractivity contribution in [1.29, 1.82) is 0 Å². The fraction of sp³-hybridized carbons (Fsp3) is 0.211. The van der Waals surface area contributed by atoms with Crippen molar-refractivity contribution in [2.75, 3.05) is 5.32 Å². The highest BCUT2D eigenvalue weighted by atomic mass is 32.1. The smallest absolute Gasteiger partial charge is 0.226 e. The van der Waals surface area contributed by atoms with Gasteiger partial charge in [-0.1, -0.05) is 12.1 Å². The van der Waals surface area contributed by atoms with Crippen molar-refractivity contribution in [2.45, 2.75) is 26.8 Å². The van der Waals surface area contributed by atoms with Crippen molar-refractivity contribution < 1.29 is 4.79 Å². The van der Waals surface area contributed by atoms with E-state index in [2.05, 4.69) is 40.5 Å². The fourth-order valence-corrected chi connectivity index (χ4v) is 3.77. The van der Waals surface area contributed by atoms with Crippen LogP contribution in [-0.2, 0) is 11.3 Å². The molecule has 0 spiro atoms. The van der Waals surface area contributed by atoms with Gasteiger partial charge in [-0.2, -0.15) is 5.10 Å². The van der Waals surface area contributed by atoms with E-state index in [1.165, 1.54) is 5.56 Å². The molecule has 2 aromatic carbocycles. The molecule has 2 heterocycles. The molecule has 5 nitrogen and oxygen atoms in total. The zero-order chi connectivity index (χ0) is 17.4. The lowest BCUT2D eigenvalue weighted by Gasteiger charge is -2.06. The Morgan fingerprint density at radius 2 is 2.08 bits per heavy atom. The minimum atomic E-state index is -0.0168. The average molecular weight is 350 g/mol. The summed E-state index contributed by atoms with van der Waals surface area (Å²) in [7, 11) is 0. The first-order chi connectivity index (χ1) is 12.1. The van der Waals surface area contributed by atoms with E-state index in [9.17, 15) is 4.79 Å². The van der Waals surface area contributed by atoms with Gasteiger partial charge >= 0.3 is 0 Å². The van der Waals surface area contributed by atoms with Crippen molar-refractivity contribution in [3.63, 3.8) is 0 Å². The van der Waals surface area contributed by atoms with Crippen LogP contribution in [0.1, 0.15) is 17.0 Å². The maximum atomic E-state index is 12.3. The van der Waals surface area contributed by atoms with Crippen LogP contribution in [0, 0.1) is 13.8 Å². The Hall–Kier alpha value is -2.73. The summed E-state index contributed by atoms with van der Waals surface area (Å²) >= 11 is 1.63. The van der Waals surface area contributed by atoms with Crippen molar-refractivity contribution in [3.05, 3.63) is 53.2 Å². The number of aryl methyl sites for hydroxylation is 3. The maximum absolute atomic E-state index is 12.3. The summed E-state index contributed by atoms with van der Waals surface area (Å²) in [6, 6.07) is 12.0. The molecule has 0 saturated carbocycles. The number of nitrogens with one attached hydrogen (secondary N) is 1. The number of amides is 1. The summed E-state index contributed by atoms with van der Waals surface area (Å²) < 4.78 is 2.97. The van der Waals surface area contributed by atoms with Gasteiger partial charge in [-0.05, 0) is 43.7 Å². The van der Waals surface area contributed by atoms with Crippen molar-refractivity contribution >= 4 is 44.1 Å². The Morgan fingerprint density at radius 1 is 1.20 bits per heavy atom. The number of rotatable bonds is 4. The Balaban J connectivity index is 1.45. The molecule has 1 amide bonds. The molecular weight excluding hydrogens is 332 g/mol. The summed E-state index contributed by atoms with van der Waals surface area (Å²) in [6.07, 6.45) is 2.22. The van der Waals surface area contributed by atoms with Crippen LogP contribution in [0.2, 0.25) is 0 Å². The first kappa shape index (κ1) is 15.8. The lowest BCUT2D eigenvalue weighted by Crippen LogP contribution is -2.14. The molecule has 126 valence electrons. The van der Waals surface area contributed by atoms with Gasteiger partial charge in [0.15, 0.2) is 0 Å². The highest BCUT2D eigenvalue weighted by Crippen LogP contribution is 2.25. The van der Waals surface area contributed by atoms with Gasteiger partial charge < -0.3 is 5.32 Å². The van der Waals surface area contributed by atoms with Gasteiger partial charge in [0.1, 0.15) is 0 Å². The molecule has 0 radical (unpaired) electrons. The quantitative estimate of drug-likeness (QED) is 0.597. The largest absolute Gasteiger partial charge is 0.326 e. The van der Waals surface area contributed by atoms with Crippen LogP contribution in [0.15, 0.2) is 42.6 Å². The minimum Gasteiger partial charge on any atom is -0.326 e. The standard InChI is InChI=1S/C19H18N4OS/c1-12-3-4-14-11-20-23(17(14)9-12)8-7-19(24)22-15-5-6-16-18(10-15)25-13(2)21-16/h3-6,9-11H,7-8H2,1-2H3,(H,22,24). The second-order valence-electron chi connectivity index (χ2n) is 6.14.